The number of hydrogen-bond donors (Lipinski definition) is 2. The molecule has 1 atom stereocenters. The van der Waals surface area contributed by atoms with Crippen LogP contribution in [0.3, 0.4) is 0 Å². The molecule has 0 bridgehead atoms. The molecular weight excluding hydrogens is 345 g/mol. The molecule has 0 aromatic heterocycles. The van der Waals surface area contributed by atoms with Gasteiger partial charge in [0.05, 0.1) is 0 Å². The molecule has 2 aromatic carbocycles. The van der Waals surface area contributed by atoms with Gasteiger partial charge in [-0.25, -0.2) is 9.18 Å². The number of benzene rings is 2. The van der Waals surface area contributed by atoms with E-state index in [1.54, 1.807) is 25.2 Å². The SMILES string of the molecule is CNC(=O)N1CCC[C@@H](c2cccc(C(=O)NCc3cccc(F)c3)c2)C1. The van der Waals surface area contributed by atoms with Gasteiger partial charge in [-0.05, 0) is 48.2 Å². The highest BCUT2D eigenvalue weighted by Crippen LogP contribution is 2.27. The van der Waals surface area contributed by atoms with Crippen LogP contribution in [0, 0.1) is 5.82 Å². The summed E-state index contributed by atoms with van der Waals surface area (Å²) in [7, 11) is 1.63. The van der Waals surface area contributed by atoms with E-state index in [1.165, 1.54) is 12.1 Å². The topological polar surface area (TPSA) is 61.4 Å². The molecule has 27 heavy (non-hydrogen) atoms. The first kappa shape index (κ1) is 18.9. The summed E-state index contributed by atoms with van der Waals surface area (Å²) in [6.45, 7) is 1.67. The molecule has 0 radical (unpaired) electrons. The lowest BCUT2D eigenvalue weighted by Crippen LogP contribution is -2.43. The van der Waals surface area contributed by atoms with Crippen LogP contribution in [0.25, 0.3) is 0 Å². The van der Waals surface area contributed by atoms with Crippen LogP contribution >= 0.6 is 0 Å². The van der Waals surface area contributed by atoms with Crippen molar-refractivity contribution >= 4 is 11.9 Å². The summed E-state index contributed by atoms with van der Waals surface area (Å²) in [4.78, 5) is 26.2. The van der Waals surface area contributed by atoms with E-state index >= 15 is 0 Å². The fraction of sp³-hybridized carbons (Fsp3) is 0.333. The minimum atomic E-state index is -0.318. The van der Waals surface area contributed by atoms with E-state index in [4.69, 9.17) is 0 Å². The zero-order valence-corrected chi connectivity index (χ0v) is 15.4. The van der Waals surface area contributed by atoms with Crippen molar-refractivity contribution in [3.05, 3.63) is 71.0 Å². The average Bonchev–Trinajstić information content (AvgIpc) is 2.71. The molecule has 1 saturated heterocycles. The van der Waals surface area contributed by atoms with Crippen LogP contribution in [-0.4, -0.2) is 37.0 Å². The maximum absolute atomic E-state index is 13.2. The van der Waals surface area contributed by atoms with Gasteiger partial charge in [-0.2, -0.15) is 0 Å². The van der Waals surface area contributed by atoms with Gasteiger partial charge in [-0.15, -0.1) is 0 Å². The summed E-state index contributed by atoms with van der Waals surface area (Å²) in [6, 6.07) is 13.6. The zero-order valence-electron chi connectivity index (χ0n) is 15.4. The first-order valence-corrected chi connectivity index (χ1v) is 9.16. The van der Waals surface area contributed by atoms with E-state index in [0.717, 1.165) is 24.9 Å². The number of nitrogens with zero attached hydrogens (tertiary/aromatic N) is 1. The smallest absolute Gasteiger partial charge is 0.317 e. The number of carbonyl (C=O) groups is 2. The maximum Gasteiger partial charge on any atom is 0.317 e. The molecule has 2 aromatic rings. The van der Waals surface area contributed by atoms with E-state index in [1.807, 2.05) is 23.1 Å². The standard InChI is InChI=1S/C21H24FN3O2/c1-23-21(27)25-10-4-8-18(14-25)16-6-3-7-17(12-16)20(26)24-13-15-5-2-9-19(22)11-15/h2-3,5-7,9,11-12,18H,4,8,10,13-14H2,1H3,(H,23,27)(H,24,26)/t18-/m1/s1. The van der Waals surface area contributed by atoms with E-state index in [9.17, 15) is 14.0 Å². The Morgan fingerprint density at radius 2 is 2.00 bits per heavy atom. The summed E-state index contributed by atoms with van der Waals surface area (Å²) < 4.78 is 13.2. The quantitative estimate of drug-likeness (QED) is 0.869. The van der Waals surface area contributed by atoms with Crippen LogP contribution in [0.1, 0.15) is 40.2 Å². The molecule has 1 fully saturated rings. The fourth-order valence-corrected chi connectivity index (χ4v) is 3.46. The highest BCUT2D eigenvalue weighted by Gasteiger charge is 2.24. The maximum atomic E-state index is 13.2. The van der Waals surface area contributed by atoms with Gasteiger partial charge in [0.2, 0.25) is 0 Å². The Labute approximate surface area is 158 Å². The summed E-state index contributed by atoms with van der Waals surface area (Å²) in [5.41, 5.74) is 2.34. The molecule has 142 valence electrons. The lowest BCUT2D eigenvalue weighted by Gasteiger charge is -2.32. The Bertz CT molecular complexity index is 825. The van der Waals surface area contributed by atoms with Gasteiger partial charge >= 0.3 is 6.03 Å². The first-order chi connectivity index (χ1) is 13.1. The summed E-state index contributed by atoms with van der Waals surface area (Å²) >= 11 is 0. The molecule has 6 heteroatoms. The van der Waals surface area contributed by atoms with E-state index in [-0.39, 0.29) is 30.2 Å². The number of hydrogen-bond acceptors (Lipinski definition) is 2. The van der Waals surface area contributed by atoms with Gasteiger partial charge < -0.3 is 15.5 Å². The van der Waals surface area contributed by atoms with Crippen LogP contribution in [0.2, 0.25) is 0 Å². The van der Waals surface area contributed by atoms with Crippen molar-refractivity contribution in [2.75, 3.05) is 20.1 Å². The highest BCUT2D eigenvalue weighted by atomic mass is 19.1. The van der Waals surface area contributed by atoms with E-state index in [2.05, 4.69) is 10.6 Å². The zero-order chi connectivity index (χ0) is 19.2. The first-order valence-electron chi connectivity index (χ1n) is 9.16. The van der Waals surface area contributed by atoms with Crippen LogP contribution in [0.15, 0.2) is 48.5 Å². The molecule has 0 aliphatic carbocycles. The Kier molecular flexibility index (Phi) is 6.06. The van der Waals surface area contributed by atoms with E-state index < -0.39 is 0 Å². The van der Waals surface area contributed by atoms with Gasteiger partial charge in [-0.1, -0.05) is 24.3 Å². The largest absolute Gasteiger partial charge is 0.348 e. The number of rotatable bonds is 4. The highest BCUT2D eigenvalue weighted by molar-refractivity contribution is 5.94. The monoisotopic (exact) mass is 369 g/mol. The predicted molar refractivity (Wildman–Crippen MR) is 102 cm³/mol. The second-order valence-electron chi connectivity index (χ2n) is 6.78. The molecule has 0 spiro atoms. The normalized spacial score (nSPS) is 16.7. The van der Waals surface area contributed by atoms with Crippen molar-refractivity contribution in [2.45, 2.75) is 25.3 Å². The molecule has 1 aliphatic heterocycles. The van der Waals surface area contributed by atoms with Gasteiger partial charge in [0.25, 0.3) is 5.91 Å². The molecule has 2 N–H and O–H groups in total. The number of nitrogens with one attached hydrogen (secondary N) is 2. The fourth-order valence-electron chi connectivity index (χ4n) is 3.46. The van der Waals surface area contributed by atoms with Crippen molar-refractivity contribution in [3.8, 4) is 0 Å². The van der Waals surface area contributed by atoms with Crippen molar-refractivity contribution in [1.82, 2.24) is 15.5 Å². The van der Waals surface area contributed by atoms with E-state index in [0.29, 0.717) is 17.7 Å². The number of amides is 3. The summed E-state index contributed by atoms with van der Waals surface area (Å²) in [5.74, 6) is -0.297. The Morgan fingerprint density at radius 3 is 2.78 bits per heavy atom. The summed E-state index contributed by atoms with van der Waals surface area (Å²) in [6.07, 6.45) is 1.93. The minimum Gasteiger partial charge on any atom is -0.348 e. The van der Waals surface area contributed by atoms with Crippen molar-refractivity contribution in [3.63, 3.8) is 0 Å². The second kappa shape index (κ2) is 8.66. The second-order valence-corrected chi connectivity index (χ2v) is 6.78. The Hall–Kier alpha value is -2.89. The van der Waals surface area contributed by atoms with Crippen molar-refractivity contribution in [2.24, 2.45) is 0 Å². The molecular formula is C21H24FN3O2. The molecule has 1 heterocycles. The molecule has 3 rings (SSSR count). The van der Waals surface area contributed by atoms with Gasteiger partial charge in [-0.3, -0.25) is 4.79 Å². The van der Waals surface area contributed by atoms with Gasteiger partial charge in [0, 0.05) is 38.2 Å². The third-order valence-corrected chi connectivity index (χ3v) is 4.88. The van der Waals surface area contributed by atoms with Crippen LogP contribution in [0.5, 0.6) is 0 Å². The van der Waals surface area contributed by atoms with Crippen LogP contribution in [0.4, 0.5) is 9.18 Å². The van der Waals surface area contributed by atoms with Crippen LogP contribution in [-0.2, 0) is 6.54 Å². The Morgan fingerprint density at radius 1 is 1.19 bits per heavy atom. The minimum absolute atomic E-state index is 0.0660. The molecule has 3 amide bonds. The third kappa shape index (κ3) is 4.84. The lowest BCUT2D eigenvalue weighted by molar-refractivity contribution is 0.0950. The average molecular weight is 369 g/mol. The van der Waals surface area contributed by atoms with Crippen molar-refractivity contribution < 1.29 is 14.0 Å². The molecule has 0 unspecified atom stereocenters. The molecule has 5 nitrogen and oxygen atoms in total. The van der Waals surface area contributed by atoms with Crippen molar-refractivity contribution in [1.29, 1.82) is 0 Å². The van der Waals surface area contributed by atoms with Gasteiger partial charge in [0.15, 0.2) is 0 Å². The number of urea groups is 1. The number of piperidine rings is 1. The molecule has 0 saturated carbocycles. The molecule has 1 aliphatic rings. The predicted octanol–water partition coefficient (Wildman–Crippen LogP) is 3.27. The van der Waals surface area contributed by atoms with Crippen LogP contribution < -0.4 is 10.6 Å². The lowest BCUT2D eigenvalue weighted by atomic mass is 9.89. The van der Waals surface area contributed by atoms with Gasteiger partial charge in [0.1, 0.15) is 5.82 Å². The number of likely N-dealkylation sites (tertiary alicyclic amines) is 1. The summed E-state index contributed by atoms with van der Waals surface area (Å²) in [5, 5.41) is 5.50. The number of carbonyl (C=O) groups excluding carboxylic acids is 2. The number of halogens is 1. The Balaban J connectivity index is 1.65. The third-order valence-electron chi connectivity index (χ3n) is 4.88.